The summed E-state index contributed by atoms with van der Waals surface area (Å²) in [6.45, 7) is 1.10. The van der Waals surface area contributed by atoms with Crippen molar-refractivity contribution < 1.29 is 17.6 Å². The summed E-state index contributed by atoms with van der Waals surface area (Å²) in [5.74, 6) is -1.15. The highest BCUT2D eigenvalue weighted by molar-refractivity contribution is 7.91. The van der Waals surface area contributed by atoms with Gasteiger partial charge in [-0.2, -0.15) is 0 Å². The standard InChI is InChI=1S/C21H23ClFN3O3S2.ClH/c1-25(2)12-4-13-26(21-24-20-17(23)5-3-6-18(20)30-21)19(27)11-14-31(28,29)16-9-7-15(22)8-10-16;/h3,5-10H,4,11-14H2,1-2H3;1H. The number of benzene rings is 2. The fourth-order valence-electron chi connectivity index (χ4n) is 3.01. The number of anilines is 1. The molecule has 0 N–H and O–H groups in total. The number of para-hydroxylation sites is 1. The van der Waals surface area contributed by atoms with E-state index in [4.69, 9.17) is 11.6 Å². The lowest BCUT2D eigenvalue weighted by molar-refractivity contribution is -0.118. The Morgan fingerprint density at radius 3 is 2.44 bits per heavy atom. The van der Waals surface area contributed by atoms with Crippen molar-refractivity contribution in [2.75, 3.05) is 37.8 Å². The van der Waals surface area contributed by atoms with E-state index in [-0.39, 0.29) is 40.9 Å². The topological polar surface area (TPSA) is 70.6 Å². The molecule has 0 radical (unpaired) electrons. The fraction of sp³-hybridized carbons (Fsp3) is 0.333. The molecule has 2 aromatic carbocycles. The average molecular weight is 520 g/mol. The number of aromatic nitrogens is 1. The predicted octanol–water partition coefficient (Wildman–Crippen LogP) is 4.66. The van der Waals surface area contributed by atoms with Gasteiger partial charge >= 0.3 is 0 Å². The maximum absolute atomic E-state index is 14.1. The van der Waals surface area contributed by atoms with Crippen LogP contribution in [0.25, 0.3) is 10.2 Å². The number of nitrogens with zero attached hydrogens (tertiary/aromatic N) is 3. The number of rotatable bonds is 9. The molecular weight excluding hydrogens is 496 g/mol. The van der Waals surface area contributed by atoms with Crippen LogP contribution >= 0.6 is 35.3 Å². The number of hydrogen-bond acceptors (Lipinski definition) is 6. The summed E-state index contributed by atoms with van der Waals surface area (Å²) in [6.07, 6.45) is 0.465. The number of fused-ring (bicyclic) bond motifs is 1. The average Bonchev–Trinajstić information content (AvgIpc) is 3.15. The van der Waals surface area contributed by atoms with Gasteiger partial charge in [0.2, 0.25) is 5.91 Å². The third-order valence-corrected chi connectivity index (χ3v) is 7.66. The van der Waals surface area contributed by atoms with E-state index in [9.17, 15) is 17.6 Å². The van der Waals surface area contributed by atoms with Crippen molar-refractivity contribution in [1.82, 2.24) is 9.88 Å². The Labute approximate surface area is 202 Å². The van der Waals surface area contributed by atoms with E-state index in [1.54, 1.807) is 12.1 Å². The molecule has 174 valence electrons. The Balaban J connectivity index is 0.00000363. The number of carbonyl (C=O) groups is 1. The largest absolute Gasteiger partial charge is 0.309 e. The molecular formula is C21H24Cl2FN3O3S2. The van der Waals surface area contributed by atoms with Gasteiger partial charge in [-0.3, -0.25) is 9.69 Å². The first-order valence-corrected chi connectivity index (χ1v) is 12.5. The molecule has 11 heteroatoms. The minimum atomic E-state index is -3.64. The van der Waals surface area contributed by atoms with Gasteiger partial charge in [0.05, 0.1) is 15.3 Å². The SMILES string of the molecule is CN(C)CCCN(C(=O)CCS(=O)(=O)c1ccc(Cl)cc1)c1nc2c(F)cccc2s1.Cl. The van der Waals surface area contributed by atoms with Crippen molar-refractivity contribution in [3.63, 3.8) is 0 Å². The first kappa shape index (κ1) is 26.5. The summed E-state index contributed by atoms with van der Waals surface area (Å²) in [6, 6.07) is 10.5. The van der Waals surface area contributed by atoms with Crippen LogP contribution < -0.4 is 4.90 Å². The van der Waals surface area contributed by atoms with Gasteiger partial charge in [-0.25, -0.2) is 17.8 Å². The summed E-state index contributed by atoms with van der Waals surface area (Å²) in [5.41, 5.74) is 0.210. The third-order valence-electron chi connectivity index (χ3n) is 4.63. The summed E-state index contributed by atoms with van der Waals surface area (Å²) < 4.78 is 39.9. The van der Waals surface area contributed by atoms with Crippen LogP contribution in [0.5, 0.6) is 0 Å². The second kappa shape index (κ2) is 11.4. The van der Waals surface area contributed by atoms with Crippen LogP contribution in [0.4, 0.5) is 9.52 Å². The first-order valence-electron chi connectivity index (χ1n) is 9.66. The Morgan fingerprint density at radius 2 is 1.81 bits per heavy atom. The number of hydrogen-bond donors (Lipinski definition) is 0. The number of sulfone groups is 1. The number of halogens is 3. The second-order valence-electron chi connectivity index (χ2n) is 7.31. The molecule has 3 aromatic rings. The summed E-state index contributed by atoms with van der Waals surface area (Å²) in [4.78, 5) is 20.9. The maximum atomic E-state index is 14.1. The quantitative estimate of drug-likeness (QED) is 0.411. The van der Waals surface area contributed by atoms with Crippen LogP contribution in [-0.2, 0) is 14.6 Å². The normalized spacial score (nSPS) is 11.5. The highest BCUT2D eigenvalue weighted by atomic mass is 35.5. The van der Waals surface area contributed by atoms with E-state index in [1.807, 2.05) is 19.0 Å². The zero-order valence-electron chi connectivity index (χ0n) is 17.6. The Kier molecular flexibility index (Phi) is 9.41. The van der Waals surface area contributed by atoms with Crippen LogP contribution in [0.1, 0.15) is 12.8 Å². The van der Waals surface area contributed by atoms with Crippen LogP contribution in [-0.4, -0.2) is 57.1 Å². The number of amides is 1. The Bertz CT molecular complexity index is 1170. The third kappa shape index (κ3) is 6.62. The molecule has 0 aliphatic heterocycles. The molecule has 0 saturated heterocycles. The van der Waals surface area contributed by atoms with Crippen LogP contribution in [0.2, 0.25) is 5.02 Å². The van der Waals surface area contributed by atoms with Crippen molar-refractivity contribution in [2.24, 2.45) is 0 Å². The monoisotopic (exact) mass is 519 g/mol. The second-order valence-corrected chi connectivity index (χ2v) is 10.9. The van der Waals surface area contributed by atoms with E-state index >= 15 is 0 Å². The van der Waals surface area contributed by atoms with Crippen LogP contribution in [0.3, 0.4) is 0 Å². The van der Waals surface area contributed by atoms with E-state index < -0.39 is 15.7 Å². The van der Waals surface area contributed by atoms with E-state index in [1.165, 1.54) is 46.6 Å². The maximum Gasteiger partial charge on any atom is 0.229 e. The number of thiazole rings is 1. The van der Waals surface area contributed by atoms with Gasteiger partial charge in [0, 0.05) is 18.0 Å². The lowest BCUT2D eigenvalue weighted by Gasteiger charge is -2.21. The number of carbonyl (C=O) groups excluding carboxylic acids is 1. The van der Waals surface area contributed by atoms with Gasteiger partial charge in [-0.05, 0) is 63.5 Å². The van der Waals surface area contributed by atoms with Gasteiger partial charge in [0.25, 0.3) is 0 Å². The van der Waals surface area contributed by atoms with Gasteiger partial charge in [0.15, 0.2) is 15.0 Å². The molecule has 1 amide bonds. The molecule has 0 aliphatic rings. The van der Waals surface area contributed by atoms with Crippen molar-refractivity contribution >= 4 is 66.4 Å². The first-order chi connectivity index (χ1) is 14.7. The smallest absolute Gasteiger partial charge is 0.229 e. The van der Waals surface area contributed by atoms with Crippen molar-refractivity contribution in [2.45, 2.75) is 17.7 Å². The zero-order valence-corrected chi connectivity index (χ0v) is 20.8. The lowest BCUT2D eigenvalue weighted by Crippen LogP contribution is -2.34. The molecule has 32 heavy (non-hydrogen) atoms. The zero-order chi connectivity index (χ0) is 22.6. The molecule has 0 fully saturated rings. The van der Waals surface area contributed by atoms with Gasteiger partial charge in [0.1, 0.15) is 11.3 Å². The van der Waals surface area contributed by atoms with Crippen molar-refractivity contribution in [1.29, 1.82) is 0 Å². The van der Waals surface area contributed by atoms with Gasteiger partial charge in [-0.15, -0.1) is 12.4 Å². The fourth-order valence-corrected chi connectivity index (χ4v) is 5.39. The lowest BCUT2D eigenvalue weighted by atomic mass is 10.3. The Hall–Kier alpha value is -1.78. The minimum absolute atomic E-state index is 0. The molecule has 1 aromatic heterocycles. The molecule has 0 aliphatic carbocycles. The molecule has 0 saturated carbocycles. The summed E-state index contributed by atoms with van der Waals surface area (Å²) in [5, 5.41) is 0.804. The Morgan fingerprint density at radius 1 is 1.12 bits per heavy atom. The highest BCUT2D eigenvalue weighted by Gasteiger charge is 2.23. The minimum Gasteiger partial charge on any atom is -0.309 e. The molecule has 6 nitrogen and oxygen atoms in total. The molecule has 3 rings (SSSR count). The summed E-state index contributed by atoms with van der Waals surface area (Å²) in [7, 11) is 0.213. The van der Waals surface area contributed by atoms with Crippen LogP contribution in [0, 0.1) is 5.82 Å². The summed E-state index contributed by atoms with van der Waals surface area (Å²) >= 11 is 7.04. The van der Waals surface area contributed by atoms with E-state index in [0.29, 0.717) is 27.8 Å². The molecule has 0 unspecified atom stereocenters. The van der Waals surface area contributed by atoms with Crippen molar-refractivity contribution in [3.05, 3.63) is 53.3 Å². The van der Waals surface area contributed by atoms with Gasteiger partial charge < -0.3 is 4.90 Å². The molecule has 0 bridgehead atoms. The molecule has 0 atom stereocenters. The highest BCUT2D eigenvalue weighted by Crippen LogP contribution is 2.31. The molecule has 1 heterocycles. The van der Waals surface area contributed by atoms with Crippen LogP contribution in [0.15, 0.2) is 47.4 Å². The van der Waals surface area contributed by atoms with E-state index in [0.717, 1.165) is 6.54 Å². The van der Waals surface area contributed by atoms with Gasteiger partial charge in [-0.1, -0.05) is 29.0 Å². The molecule has 0 spiro atoms. The van der Waals surface area contributed by atoms with E-state index in [2.05, 4.69) is 4.98 Å². The predicted molar refractivity (Wildman–Crippen MR) is 130 cm³/mol. The van der Waals surface area contributed by atoms with Crippen molar-refractivity contribution in [3.8, 4) is 0 Å².